The number of ether oxygens (including phenoxy) is 1. The second-order valence-corrected chi connectivity index (χ2v) is 7.74. The highest BCUT2D eigenvalue weighted by Crippen LogP contribution is 2.37. The Morgan fingerprint density at radius 1 is 1.50 bits per heavy atom. The molecule has 0 spiro atoms. The molecule has 0 aromatic heterocycles. The standard InChI is InChI=1S/C9H17BrO3S/c1-9(2)8(10)7(6-13-9)4-5-14(3,11)12/h7-8H,4-6H2,1-3H3. The molecule has 1 heterocycles. The van der Waals surface area contributed by atoms with Crippen LogP contribution in [0.4, 0.5) is 0 Å². The van der Waals surface area contributed by atoms with Gasteiger partial charge in [0.15, 0.2) is 0 Å². The van der Waals surface area contributed by atoms with E-state index in [1.807, 2.05) is 13.8 Å². The number of halogens is 1. The van der Waals surface area contributed by atoms with E-state index in [2.05, 4.69) is 15.9 Å². The Morgan fingerprint density at radius 2 is 2.07 bits per heavy atom. The zero-order chi connectivity index (χ0) is 11.0. The SMILES string of the molecule is CC1(C)OCC(CCS(C)(=O)=O)C1Br. The lowest BCUT2D eigenvalue weighted by atomic mass is 9.96. The Bertz CT molecular complexity index is 297. The van der Waals surface area contributed by atoms with Crippen molar-refractivity contribution >= 4 is 25.8 Å². The third-order valence-corrected chi connectivity index (χ3v) is 5.43. The van der Waals surface area contributed by atoms with E-state index in [-0.39, 0.29) is 16.2 Å². The molecule has 0 aromatic rings. The highest BCUT2D eigenvalue weighted by Gasteiger charge is 2.41. The van der Waals surface area contributed by atoms with Crippen LogP contribution >= 0.6 is 15.9 Å². The molecule has 1 saturated heterocycles. The van der Waals surface area contributed by atoms with Crippen LogP contribution in [0.3, 0.4) is 0 Å². The first kappa shape index (κ1) is 12.5. The molecule has 1 rings (SSSR count). The predicted octanol–water partition coefficient (Wildman–Crippen LogP) is 1.61. The molecule has 1 aliphatic heterocycles. The number of hydrogen-bond acceptors (Lipinski definition) is 3. The summed E-state index contributed by atoms with van der Waals surface area (Å²) in [6.45, 7) is 4.69. The fourth-order valence-corrected chi connectivity index (χ4v) is 2.93. The fourth-order valence-electron chi connectivity index (χ4n) is 1.65. The maximum Gasteiger partial charge on any atom is 0.147 e. The minimum absolute atomic E-state index is 0.178. The zero-order valence-corrected chi connectivity index (χ0v) is 11.2. The molecular formula is C9H17BrO3S. The van der Waals surface area contributed by atoms with Crippen LogP contribution < -0.4 is 0 Å². The van der Waals surface area contributed by atoms with Gasteiger partial charge in [-0.15, -0.1) is 0 Å². The first-order valence-corrected chi connectivity index (χ1v) is 7.66. The monoisotopic (exact) mass is 284 g/mol. The lowest BCUT2D eigenvalue weighted by Crippen LogP contribution is -2.30. The van der Waals surface area contributed by atoms with E-state index in [1.165, 1.54) is 6.26 Å². The van der Waals surface area contributed by atoms with E-state index in [0.717, 1.165) is 0 Å². The van der Waals surface area contributed by atoms with Gasteiger partial charge in [0.25, 0.3) is 0 Å². The van der Waals surface area contributed by atoms with Crippen LogP contribution in [-0.2, 0) is 14.6 Å². The Hall–Kier alpha value is 0.390. The van der Waals surface area contributed by atoms with Crippen molar-refractivity contribution in [3.8, 4) is 0 Å². The van der Waals surface area contributed by atoms with Gasteiger partial charge in [-0.1, -0.05) is 15.9 Å². The number of sulfone groups is 1. The minimum Gasteiger partial charge on any atom is -0.374 e. The maximum absolute atomic E-state index is 11.0. The predicted molar refractivity (Wildman–Crippen MR) is 60.6 cm³/mol. The molecular weight excluding hydrogens is 268 g/mol. The molecule has 0 N–H and O–H groups in total. The van der Waals surface area contributed by atoms with Crippen LogP contribution in [0.1, 0.15) is 20.3 Å². The number of hydrogen-bond donors (Lipinski definition) is 0. The summed E-state index contributed by atoms with van der Waals surface area (Å²) in [6, 6.07) is 0. The van der Waals surface area contributed by atoms with Crippen LogP contribution in [0.25, 0.3) is 0 Å². The van der Waals surface area contributed by atoms with E-state index in [1.54, 1.807) is 0 Å². The van der Waals surface area contributed by atoms with Gasteiger partial charge in [0, 0.05) is 11.1 Å². The van der Waals surface area contributed by atoms with Crippen molar-refractivity contribution in [2.24, 2.45) is 5.92 Å². The van der Waals surface area contributed by atoms with Crippen molar-refractivity contribution < 1.29 is 13.2 Å². The Morgan fingerprint density at radius 3 is 2.43 bits per heavy atom. The van der Waals surface area contributed by atoms with Gasteiger partial charge >= 0.3 is 0 Å². The van der Waals surface area contributed by atoms with Crippen molar-refractivity contribution in [3.05, 3.63) is 0 Å². The molecule has 1 aliphatic rings. The summed E-state index contributed by atoms with van der Waals surface area (Å²) in [5.74, 6) is 0.555. The summed E-state index contributed by atoms with van der Waals surface area (Å²) in [4.78, 5) is 0.247. The summed E-state index contributed by atoms with van der Waals surface area (Å²) >= 11 is 3.57. The fraction of sp³-hybridized carbons (Fsp3) is 1.00. The smallest absolute Gasteiger partial charge is 0.147 e. The van der Waals surface area contributed by atoms with Gasteiger partial charge in [-0.05, 0) is 26.2 Å². The van der Waals surface area contributed by atoms with Crippen molar-refractivity contribution in [2.45, 2.75) is 30.7 Å². The Kier molecular flexibility index (Phi) is 3.65. The molecule has 0 radical (unpaired) electrons. The second-order valence-electron chi connectivity index (χ2n) is 4.49. The first-order valence-electron chi connectivity index (χ1n) is 4.68. The van der Waals surface area contributed by atoms with E-state index >= 15 is 0 Å². The van der Waals surface area contributed by atoms with E-state index in [0.29, 0.717) is 18.9 Å². The van der Waals surface area contributed by atoms with Crippen LogP contribution in [0, 0.1) is 5.92 Å². The topological polar surface area (TPSA) is 43.4 Å². The highest BCUT2D eigenvalue weighted by molar-refractivity contribution is 9.09. The molecule has 1 fully saturated rings. The lowest BCUT2D eigenvalue weighted by Gasteiger charge is -2.23. The molecule has 14 heavy (non-hydrogen) atoms. The molecule has 2 unspecified atom stereocenters. The first-order chi connectivity index (χ1) is 6.22. The molecule has 0 saturated carbocycles. The van der Waals surface area contributed by atoms with Crippen LogP contribution in [0.2, 0.25) is 0 Å². The largest absolute Gasteiger partial charge is 0.374 e. The third-order valence-electron chi connectivity index (χ3n) is 2.61. The van der Waals surface area contributed by atoms with Gasteiger partial charge < -0.3 is 4.74 Å². The average molecular weight is 285 g/mol. The summed E-state index contributed by atoms with van der Waals surface area (Å²) in [5, 5.41) is 0. The third kappa shape index (κ3) is 3.21. The Balaban J connectivity index is 2.49. The van der Waals surface area contributed by atoms with Gasteiger partial charge in [-0.25, -0.2) is 8.42 Å². The van der Waals surface area contributed by atoms with E-state index in [9.17, 15) is 8.42 Å². The molecule has 0 amide bonds. The zero-order valence-electron chi connectivity index (χ0n) is 8.79. The number of alkyl halides is 1. The summed E-state index contributed by atoms with van der Waals surface area (Å²) in [6.07, 6.45) is 1.95. The van der Waals surface area contributed by atoms with Crippen molar-refractivity contribution in [3.63, 3.8) is 0 Å². The van der Waals surface area contributed by atoms with Crippen molar-refractivity contribution in [2.75, 3.05) is 18.6 Å². The molecule has 5 heteroatoms. The van der Waals surface area contributed by atoms with E-state index < -0.39 is 9.84 Å². The molecule has 0 bridgehead atoms. The van der Waals surface area contributed by atoms with Crippen LogP contribution in [0.5, 0.6) is 0 Å². The number of rotatable bonds is 3. The molecule has 0 aromatic carbocycles. The molecule has 2 atom stereocenters. The van der Waals surface area contributed by atoms with Gasteiger partial charge in [0.1, 0.15) is 9.84 Å². The Labute approximate surface area is 94.3 Å². The average Bonchev–Trinajstić information content (AvgIpc) is 2.24. The molecule has 0 aliphatic carbocycles. The van der Waals surface area contributed by atoms with Gasteiger partial charge in [-0.3, -0.25) is 0 Å². The van der Waals surface area contributed by atoms with Gasteiger partial charge in [-0.2, -0.15) is 0 Å². The lowest BCUT2D eigenvalue weighted by molar-refractivity contribution is 0.0380. The minimum atomic E-state index is -2.85. The summed E-state index contributed by atoms with van der Waals surface area (Å²) in [5.41, 5.74) is -0.178. The van der Waals surface area contributed by atoms with E-state index in [4.69, 9.17) is 4.74 Å². The maximum atomic E-state index is 11.0. The normalized spacial score (nSPS) is 32.0. The molecule has 84 valence electrons. The van der Waals surface area contributed by atoms with Crippen LogP contribution in [-0.4, -0.2) is 37.5 Å². The summed E-state index contributed by atoms with van der Waals surface area (Å²) in [7, 11) is -2.85. The van der Waals surface area contributed by atoms with Gasteiger partial charge in [0.05, 0.1) is 18.0 Å². The second kappa shape index (κ2) is 4.10. The molecule has 3 nitrogen and oxygen atoms in total. The highest BCUT2D eigenvalue weighted by atomic mass is 79.9. The van der Waals surface area contributed by atoms with Crippen LogP contribution in [0.15, 0.2) is 0 Å². The quantitative estimate of drug-likeness (QED) is 0.740. The van der Waals surface area contributed by atoms with Gasteiger partial charge in [0.2, 0.25) is 0 Å². The summed E-state index contributed by atoms with van der Waals surface area (Å²) < 4.78 is 27.6. The van der Waals surface area contributed by atoms with Crippen molar-refractivity contribution in [1.82, 2.24) is 0 Å². The van der Waals surface area contributed by atoms with Crippen molar-refractivity contribution in [1.29, 1.82) is 0 Å².